The van der Waals surface area contributed by atoms with Crippen molar-refractivity contribution in [2.24, 2.45) is 0 Å². The summed E-state index contributed by atoms with van der Waals surface area (Å²) in [6.45, 7) is 3.85. The van der Waals surface area contributed by atoms with Crippen molar-refractivity contribution in [3.8, 4) is 0 Å². The van der Waals surface area contributed by atoms with Crippen molar-refractivity contribution in [1.29, 1.82) is 0 Å². The Hall–Kier alpha value is -1.88. The second kappa shape index (κ2) is 7.56. The molecule has 1 aliphatic carbocycles. The van der Waals surface area contributed by atoms with Gasteiger partial charge in [-0.1, -0.05) is 31.4 Å². The highest BCUT2D eigenvalue weighted by molar-refractivity contribution is 5.77. The van der Waals surface area contributed by atoms with E-state index in [1.54, 1.807) is 0 Å². The second-order valence-corrected chi connectivity index (χ2v) is 7.41. The minimum absolute atomic E-state index is 0.267. The summed E-state index contributed by atoms with van der Waals surface area (Å²) in [6, 6.07) is 8.78. The van der Waals surface area contributed by atoms with E-state index in [9.17, 15) is 4.79 Å². The van der Waals surface area contributed by atoms with Gasteiger partial charge in [-0.2, -0.15) is 0 Å². The molecule has 25 heavy (non-hydrogen) atoms. The lowest BCUT2D eigenvalue weighted by Crippen LogP contribution is -2.52. The molecule has 134 valence electrons. The van der Waals surface area contributed by atoms with Crippen LogP contribution in [0.2, 0.25) is 0 Å². The highest BCUT2D eigenvalue weighted by Crippen LogP contribution is 2.23. The predicted molar refractivity (Wildman–Crippen MR) is 99.4 cm³/mol. The van der Waals surface area contributed by atoms with Crippen LogP contribution in [-0.4, -0.2) is 57.9 Å². The normalized spacial score (nSPS) is 20.2. The summed E-state index contributed by atoms with van der Waals surface area (Å²) in [6.07, 6.45) is 8.08. The lowest BCUT2D eigenvalue weighted by atomic mass is 9.94. The number of para-hydroxylation sites is 2. The molecule has 0 radical (unpaired) electrons. The van der Waals surface area contributed by atoms with E-state index in [-0.39, 0.29) is 5.91 Å². The Balaban J connectivity index is 1.26. The largest absolute Gasteiger partial charge is 0.342 e. The maximum absolute atomic E-state index is 12.5. The molecule has 4 rings (SSSR count). The number of piperazine rings is 1. The molecule has 1 saturated carbocycles. The molecule has 1 N–H and O–H groups in total. The third-order valence-corrected chi connectivity index (χ3v) is 5.77. The van der Waals surface area contributed by atoms with E-state index in [1.807, 2.05) is 29.2 Å². The van der Waals surface area contributed by atoms with Crippen LogP contribution in [0.4, 0.5) is 0 Å². The maximum Gasteiger partial charge on any atom is 0.223 e. The zero-order valence-corrected chi connectivity index (χ0v) is 14.9. The Kier molecular flexibility index (Phi) is 5.02. The summed E-state index contributed by atoms with van der Waals surface area (Å²) in [7, 11) is 0. The van der Waals surface area contributed by atoms with Crippen LogP contribution >= 0.6 is 0 Å². The summed E-state index contributed by atoms with van der Waals surface area (Å²) in [5.74, 6) is 1.18. The van der Waals surface area contributed by atoms with Gasteiger partial charge in [0.1, 0.15) is 5.82 Å². The number of aromatic amines is 1. The molecule has 1 saturated heterocycles. The first-order chi connectivity index (χ1) is 12.3. The second-order valence-electron chi connectivity index (χ2n) is 7.41. The maximum atomic E-state index is 12.5. The molecule has 5 heteroatoms. The number of carbonyl (C=O) groups is 1. The van der Waals surface area contributed by atoms with E-state index in [0.717, 1.165) is 49.1 Å². The van der Waals surface area contributed by atoms with Gasteiger partial charge in [-0.15, -0.1) is 0 Å². The first-order valence-electron chi connectivity index (χ1n) is 9.75. The number of nitrogens with one attached hydrogen (secondary N) is 1. The summed E-state index contributed by atoms with van der Waals surface area (Å²) in [4.78, 5) is 25.1. The zero-order chi connectivity index (χ0) is 17.1. The van der Waals surface area contributed by atoms with Crippen LogP contribution in [-0.2, 0) is 11.2 Å². The SMILES string of the molecule is O=C(CCc1nc2ccccc2[nH]1)N1CCN(C2CCCCC2)CC1. The van der Waals surface area contributed by atoms with Gasteiger partial charge in [-0.3, -0.25) is 9.69 Å². The van der Waals surface area contributed by atoms with Gasteiger partial charge >= 0.3 is 0 Å². The van der Waals surface area contributed by atoms with Gasteiger partial charge in [-0.05, 0) is 25.0 Å². The number of amides is 1. The summed E-state index contributed by atoms with van der Waals surface area (Å²) < 4.78 is 0. The molecule has 1 aromatic heterocycles. The summed E-state index contributed by atoms with van der Waals surface area (Å²) >= 11 is 0. The van der Waals surface area contributed by atoms with Gasteiger partial charge in [0.25, 0.3) is 0 Å². The number of imidazole rings is 1. The van der Waals surface area contributed by atoms with Crippen molar-refractivity contribution in [2.45, 2.75) is 51.0 Å². The van der Waals surface area contributed by atoms with Gasteiger partial charge < -0.3 is 9.88 Å². The Bertz CT molecular complexity index is 678. The van der Waals surface area contributed by atoms with Crippen LogP contribution in [0.3, 0.4) is 0 Å². The zero-order valence-electron chi connectivity index (χ0n) is 14.9. The average Bonchev–Trinajstić information content (AvgIpc) is 3.10. The molecule has 1 aliphatic heterocycles. The lowest BCUT2D eigenvalue weighted by molar-refractivity contribution is -0.133. The van der Waals surface area contributed by atoms with E-state index in [2.05, 4.69) is 14.9 Å². The van der Waals surface area contributed by atoms with Crippen molar-refractivity contribution < 1.29 is 4.79 Å². The predicted octanol–water partition coefficient (Wildman–Crippen LogP) is 2.97. The standard InChI is InChI=1S/C20H28N4O/c25-20(11-10-19-21-17-8-4-5-9-18(17)22-19)24-14-12-23(13-15-24)16-6-2-1-3-7-16/h4-5,8-9,16H,1-3,6-7,10-15H2,(H,21,22). The van der Waals surface area contributed by atoms with Gasteiger partial charge in [0.15, 0.2) is 0 Å². The van der Waals surface area contributed by atoms with Gasteiger partial charge in [0.05, 0.1) is 11.0 Å². The average molecular weight is 340 g/mol. The molecule has 0 unspecified atom stereocenters. The number of fused-ring (bicyclic) bond motifs is 1. The third-order valence-electron chi connectivity index (χ3n) is 5.77. The van der Waals surface area contributed by atoms with Crippen molar-refractivity contribution in [2.75, 3.05) is 26.2 Å². The van der Waals surface area contributed by atoms with Gasteiger partial charge in [0.2, 0.25) is 5.91 Å². The Morgan fingerprint density at radius 1 is 1.08 bits per heavy atom. The summed E-state index contributed by atoms with van der Waals surface area (Å²) in [5.41, 5.74) is 2.03. The third kappa shape index (κ3) is 3.87. The molecule has 1 amide bonds. The smallest absolute Gasteiger partial charge is 0.223 e. The number of aromatic nitrogens is 2. The van der Waals surface area contributed by atoms with Gasteiger partial charge in [0, 0.05) is 45.1 Å². The van der Waals surface area contributed by atoms with Crippen LogP contribution in [0, 0.1) is 0 Å². The fourth-order valence-electron chi connectivity index (χ4n) is 4.29. The molecule has 5 nitrogen and oxygen atoms in total. The molecule has 2 heterocycles. The molecule has 2 aromatic rings. The molecule has 2 aliphatic rings. The quantitative estimate of drug-likeness (QED) is 0.931. The monoisotopic (exact) mass is 340 g/mol. The van der Waals surface area contributed by atoms with E-state index in [4.69, 9.17) is 0 Å². The van der Waals surface area contributed by atoms with Crippen LogP contribution < -0.4 is 0 Å². The van der Waals surface area contributed by atoms with E-state index in [0.29, 0.717) is 12.8 Å². The van der Waals surface area contributed by atoms with E-state index >= 15 is 0 Å². The summed E-state index contributed by atoms with van der Waals surface area (Å²) in [5, 5.41) is 0. The van der Waals surface area contributed by atoms with Crippen LogP contribution in [0.15, 0.2) is 24.3 Å². The molecule has 0 atom stereocenters. The fourth-order valence-corrected chi connectivity index (χ4v) is 4.29. The Morgan fingerprint density at radius 3 is 2.60 bits per heavy atom. The molecule has 1 aromatic carbocycles. The number of carbonyl (C=O) groups excluding carboxylic acids is 1. The minimum atomic E-state index is 0.267. The number of rotatable bonds is 4. The highest BCUT2D eigenvalue weighted by Gasteiger charge is 2.26. The molecular formula is C20H28N4O. The number of hydrogen-bond donors (Lipinski definition) is 1. The van der Waals surface area contributed by atoms with Gasteiger partial charge in [-0.25, -0.2) is 4.98 Å². The number of nitrogens with zero attached hydrogens (tertiary/aromatic N) is 3. The van der Waals surface area contributed by atoms with Crippen molar-refractivity contribution >= 4 is 16.9 Å². The Morgan fingerprint density at radius 2 is 1.84 bits per heavy atom. The van der Waals surface area contributed by atoms with E-state index < -0.39 is 0 Å². The van der Waals surface area contributed by atoms with Crippen molar-refractivity contribution in [1.82, 2.24) is 19.8 Å². The minimum Gasteiger partial charge on any atom is -0.342 e. The molecular weight excluding hydrogens is 312 g/mol. The first-order valence-corrected chi connectivity index (χ1v) is 9.75. The molecule has 0 bridgehead atoms. The molecule has 2 fully saturated rings. The topological polar surface area (TPSA) is 52.2 Å². The number of hydrogen-bond acceptors (Lipinski definition) is 3. The first kappa shape index (κ1) is 16.6. The lowest BCUT2D eigenvalue weighted by Gasteiger charge is -2.40. The number of benzene rings is 1. The number of aryl methyl sites for hydroxylation is 1. The van der Waals surface area contributed by atoms with Crippen molar-refractivity contribution in [3.05, 3.63) is 30.1 Å². The van der Waals surface area contributed by atoms with Crippen LogP contribution in [0.25, 0.3) is 11.0 Å². The number of H-pyrrole nitrogens is 1. The van der Waals surface area contributed by atoms with Crippen LogP contribution in [0.5, 0.6) is 0 Å². The van der Waals surface area contributed by atoms with E-state index in [1.165, 1.54) is 32.1 Å². The van der Waals surface area contributed by atoms with Crippen LogP contribution in [0.1, 0.15) is 44.3 Å². The van der Waals surface area contributed by atoms with Crippen molar-refractivity contribution in [3.63, 3.8) is 0 Å². The molecule has 0 spiro atoms. The highest BCUT2D eigenvalue weighted by atomic mass is 16.2. The Labute approximate surface area is 149 Å². The fraction of sp³-hybridized carbons (Fsp3) is 0.600.